The van der Waals surface area contributed by atoms with Crippen molar-refractivity contribution >= 4 is 17.3 Å². The minimum atomic E-state index is 0.588. The van der Waals surface area contributed by atoms with Crippen molar-refractivity contribution in [2.75, 3.05) is 0 Å². The first-order valence-electron chi connectivity index (χ1n) is 5.41. The third-order valence-electron chi connectivity index (χ3n) is 2.84. The Morgan fingerprint density at radius 3 is 2.53 bits per heavy atom. The first-order chi connectivity index (χ1) is 8.40. The molecule has 0 N–H and O–H groups in total. The predicted octanol–water partition coefficient (Wildman–Crippen LogP) is 3.91. The smallest absolute Gasteiger partial charge is 0.153 e. The summed E-state index contributed by atoms with van der Waals surface area (Å²) in [7, 11) is 0. The molecule has 2 nitrogen and oxygen atoms in total. The number of rotatable bonds is 2. The Morgan fingerprint density at radius 1 is 0.941 bits per heavy atom. The topological polar surface area (TPSA) is 30.2 Å². The average molecular weight is 222 g/mol. The van der Waals surface area contributed by atoms with Crippen molar-refractivity contribution < 1.29 is 9.21 Å². The van der Waals surface area contributed by atoms with E-state index in [0.717, 1.165) is 22.8 Å². The molecule has 3 rings (SSSR count). The maximum atomic E-state index is 10.9. The third kappa shape index (κ3) is 1.54. The SMILES string of the molecule is O=Cc1cccc2c(-c3ccccc3)coc12. The van der Waals surface area contributed by atoms with Gasteiger partial charge in [0.2, 0.25) is 0 Å². The predicted molar refractivity (Wildman–Crippen MR) is 67.0 cm³/mol. The quantitative estimate of drug-likeness (QED) is 0.615. The zero-order chi connectivity index (χ0) is 11.7. The molecule has 0 spiro atoms. The van der Waals surface area contributed by atoms with Crippen molar-refractivity contribution in [3.05, 3.63) is 60.4 Å². The zero-order valence-electron chi connectivity index (χ0n) is 9.09. The second-order valence-electron chi connectivity index (χ2n) is 3.86. The highest BCUT2D eigenvalue weighted by Gasteiger charge is 2.10. The van der Waals surface area contributed by atoms with Crippen LogP contribution in [0.15, 0.2) is 59.2 Å². The Bertz CT molecular complexity index is 666. The molecule has 1 aromatic heterocycles. The summed E-state index contributed by atoms with van der Waals surface area (Å²) in [6, 6.07) is 15.6. The molecule has 2 aromatic carbocycles. The van der Waals surface area contributed by atoms with Gasteiger partial charge in [-0.25, -0.2) is 0 Å². The molecule has 0 radical (unpaired) electrons. The monoisotopic (exact) mass is 222 g/mol. The Balaban J connectivity index is 2.30. The molecule has 3 aromatic rings. The normalized spacial score (nSPS) is 10.6. The lowest BCUT2D eigenvalue weighted by Gasteiger charge is -1.97. The lowest BCUT2D eigenvalue weighted by Crippen LogP contribution is -1.80. The van der Waals surface area contributed by atoms with E-state index in [1.165, 1.54) is 0 Å². The number of aldehydes is 1. The van der Waals surface area contributed by atoms with Crippen LogP contribution in [-0.2, 0) is 0 Å². The van der Waals surface area contributed by atoms with E-state index in [4.69, 9.17) is 4.42 Å². The van der Waals surface area contributed by atoms with Crippen LogP contribution in [0.3, 0.4) is 0 Å². The maximum Gasteiger partial charge on any atom is 0.153 e. The number of benzene rings is 2. The highest BCUT2D eigenvalue weighted by molar-refractivity contribution is 6.01. The highest BCUT2D eigenvalue weighted by Crippen LogP contribution is 2.31. The minimum Gasteiger partial charge on any atom is -0.463 e. The molecule has 0 atom stereocenters. The van der Waals surface area contributed by atoms with Gasteiger partial charge in [0.1, 0.15) is 5.58 Å². The molecule has 0 saturated carbocycles. The van der Waals surface area contributed by atoms with Gasteiger partial charge in [0.25, 0.3) is 0 Å². The standard InChI is InChI=1S/C15H10O2/c16-9-12-7-4-8-13-14(10-17-15(12)13)11-5-2-1-3-6-11/h1-10H. The van der Waals surface area contributed by atoms with Crippen LogP contribution in [0.25, 0.3) is 22.1 Å². The summed E-state index contributed by atoms with van der Waals surface area (Å²) in [5.74, 6) is 0. The van der Waals surface area contributed by atoms with Crippen molar-refractivity contribution in [1.82, 2.24) is 0 Å². The number of fused-ring (bicyclic) bond motifs is 1. The summed E-state index contributed by atoms with van der Waals surface area (Å²) in [5, 5.41) is 0.973. The lowest BCUT2D eigenvalue weighted by molar-refractivity contribution is 0.112. The Hall–Kier alpha value is -2.35. The van der Waals surface area contributed by atoms with Crippen molar-refractivity contribution in [3.8, 4) is 11.1 Å². The van der Waals surface area contributed by atoms with Crippen molar-refractivity contribution in [2.45, 2.75) is 0 Å². The fraction of sp³-hybridized carbons (Fsp3) is 0. The number of carbonyl (C=O) groups excluding carboxylic acids is 1. The molecule has 0 aliphatic heterocycles. The van der Waals surface area contributed by atoms with Crippen molar-refractivity contribution in [2.24, 2.45) is 0 Å². The molecule has 1 heterocycles. The number of furan rings is 1. The van der Waals surface area contributed by atoms with Crippen LogP contribution >= 0.6 is 0 Å². The van der Waals surface area contributed by atoms with Crippen molar-refractivity contribution in [1.29, 1.82) is 0 Å². The van der Waals surface area contributed by atoms with Crippen LogP contribution in [0.1, 0.15) is 10.4 Å². The van der Waals surface area contributed by atoms with Crippen LogP contribution in [-0.4, -0.2) is 6.29 Å². The summed E-state index contributed by atoms with van der Waals surface area (Å²) < 4.78 is 5.49. The van der Waals surface area contributed by atoms with Gasteiger partial charge in [-0.1, -0.05) is 42.5 Å². The van der Waals surface area contributed by atoms with Crippen LogP contribution in [0, 0.1) is 0 Å². The molecule has 0 aliphatic carbocycles. The minimum absolute atomic E-state index is 0.588. The van der Waals surface area contributed by atoms with Crippen LogP contribution in [0.4, 0.5) is 0 Å². The van der Waals surface area contributed by atoms with Gasteiger partial charge < -0.3 is 4.42 Å². The molecule has 0 saturated heterocycles. The van der Waals surface area contributed by atoms with Gasteiger partial charge in [0.05, 0.1) is 11.8 Å². The molecule has 17 heavy (non-hydrogen) atoms. The van der Waals surface area contributed by atoms with Crippen LogP contribution in [0.5, 0.6) is 0 Å². The molecule has 0 fully saturated rings. The van der Waals surface area contributed by atoms with Crippen molar-refractivity contribution in [3.63, 3.8) is 0 Å². The molecule has 0 amide bonds. The molecule has 0 bridgehead atoms. The van der Waals surface area contributed by atoms with E-state index >= 15 is 0 Å². The van der Waals surface area contributed by atoms with E-state index in [2.05, 4.69) is 0 Å². The second kappa shape index (κ2) is 3.91. The average Bonchev–Trinajstić information content (AvgIpc) is 2.83. The van der Waals surface area contributed by atoms with E-state index in [1.54, 1.807) is 12.3 Å². The summed E-state index contributed by atoms with van der Waals surface area (Å²) in [5.41, 5.74) is 3.35. The van der Waals surface area contributed by atoms with Gasteiger partial charge in [-0.05, 0) is 11.6 Å². The molecule has 0 unspecified atom stereocenters. The lowest BCUT2D eigenvalue weighted by atomic mass is 10.0. The van der Waals surface area contributed by atoms with Crippen LogP contribution < -0.4 is 0 Å². The van der Waals surface area contributed by atoms with Gasteiger partial charge in [-0.3, -0.25) is 4.79 Å². The first kappa shape index (κ1) is 9.85. The third-order valence-corrected chi connectivity index (χ3v) is 2.84. The van der Waals surface area contributed by atoms with E-state index in [1.807, 2.05) is 42.5 Å². The largest absolute Gasteiger partial charge is 0.463 e. The highest BCUT2D eigenvalue weighted by atomic mass is 16.3. The summed E-state index contributed by atoms with van der Waals surface area (Å²) >= 11 is 0. The van der Waals surface area contributed by atoms with E-state index in [9.17, 15) is 4.79 Å². The van der Waals surface area contributed by atoms with E-state index in [-0.39, 0.29) is 0 Å². The number of hydrogen-bond donors (Lipinski definition) is 0. The second-order valence-corrected chi connectivity index (χ2v) is 3.86. The Labute approximate surface area is 98.5 Å². The molecule has 2 heteroatoms. The summed E-state index contributed by atoms with van der Waals surface area (Å²) in [6.07, 6.45) is 2.52. The number of carbonyl (C=O) groups is 1. The summed E-state index contributed by atoms with van der Waals surface area (Å²) in [4.78, 5) is 10.9. The molecule has 82 valence electrons. The van der Waals surface area contributed by atoms with Gasteiger partial charge in [0.15, 0.2) is 6.29 Å². The van der Waals surface area contributed by atoms with Gasteiger partial charge in [-0.15, -0.1) is 0 Å². The van der Waals surface area contributed by atoms with E-state index in [0.29, 0.717) is 11.1 Å². The number of para-hydroxylation sites is 1. The van der Waals surface area contributed by atoms with Crippen LogP contribution in [0.2, 0.25) is 0 Å². The number of hydrogen-bond acceptors (Lipinski definition) is 2. The van der Waals surface area contributed by atoms with Gasteiger partial charge in [-0.2, -0.15) is 0 Å². The van der Waals surface area contributed by atoms with E-state index < -0.39 is 0 Å². The summed E-state index contributed by atoms with van der Waals surface area (Å²) in [6.45, 7) is 0. The Morgan fingerprint density at radius 2 is 1.76 bits per heavy atom. The molecule has 0 aliphatic rings. The van der Waals surface area contributed by atoms with Gasteiger partial charge in [0, 0.05) is 10.9 Å². The maximum absolute atomic E-state index is 10.9. The molecular formula is C15H10O2. The first-order valence-corrected chi connectivity index (χ1v) is 5.41. The van der Waals surface area contributed by atoms with Gasteiger partial charge >= 0.3 is 0 Å². The zero-order valence-corrected chi connectivity index (χ0v) is 9.09. The Kier molecular flexibility index (Phi) is 2.26. The fourth-order valence-electron chi connectivity index (χ4n) is 2.01. The fourth-order valence-corrected chi connectivity index (χ4v) is 2.01. The molecular weight excluding hydrogens is 212 g/mol.